The molecule has 1 aliphatic rings. The van der Waals surface area contributed by atoms with Crippen molar-refractivity contribution in [3.8, 4) is 0 Å². The molecule has 0 aliphatic carbocycles. The minimum absolute atomic E-state index is 0.437. The predicted octanol–water partition coefficient (Wildman–Crippen LogP) is 1.49. The molecule has 1 amide bonds. The number of aromatic nitrogens is 1. The summed E-state index contributed by atoms with van der Waals surface area (Å²) in [5.41, 5.74) is 5.59. The van der Waals surface area contributed by atoms with Gasteiger partial charge in [0.15, 0.2) is 0 Å². The molecule has 0 unspecified atom stereocenters. The second kappa shape index (κ2) is 5.21. The molecular formula is C11H15N3OS. The highest BCUT2D eigenvalue weighted by Gasteiger charge is 2.13. The van der Waals surface area contributed by atoms with E-state index >= 15 is 0 Å². The molecule has 4 nitrogen and oxygen atoms in total. The van der Waals surface area contributed by atoms with Crippen LogP contribution in [0.3, 0.4) is 0 Å². The molecule has 16 heavy (non-hydrogen) atoms. The van der Waals surface area contributed by atoms with Gasteiger partial charge < -0.3 is 11.1 Å². The van der Waals surface area contributed by atoms with Gasteiger partial charge in [0, 0.05) is 12.2 Å². The van der Waals surface area contributed by atoms with Crippen molar-refractivity contribution in [1.82, 2.24) is 4.98 Å². The number of thioether (sulfide) groups is 1. The molecule has 0 spiro atoms. The Labute approximate surface area is 99.0 Å². The number of nitrogens with zero attached hydrogens (tertiary/aromatic N) is 1. The molecule has 1 saturated heterocycles. The Bertz CT molecular complexity index is 360. The number of anilines is 1. The summed E-state index contributed by atoms with van der Waals surface area (Å²) in [6.45, 7) is 0. The van der Waals surface area contributed by atoms with Crippen molar-refractivity contribution >= 4 is 23.5 Å². The van der Waals surface area contributed by atoms with Crippen LogP contribution in [-0.2, 0) is 0 Å². The van der Waals surface area contributed by atoms with Gasteiger partial charge in [-0.3, -0.25) is 4.79 Å². The van der Waals surface area contributed by atoms with E-state index in [4.69, 9.17) is 5.73 Å². The highest BCUT2D eigenvalue weighted by molar-refractivity contribution is 7.99. The van der Waals surface area contributed by atoms with Crippen LogP contribution in [0.25, 0.3) is 0 Å². The fourth-order valence-electron chi connectivity index (χ4n) is 1.68. The zero-order chi connectivity index (χ0) is 11.4. The Morgan fingerprint density at radius 1 is 1.44 bits per heavy atom. The molecule has 1 aliphatic heterocycles. The van der Waals surface area contributed by atoms with E-state index in [0.717, 1.165) is 5.82 Å². The van der Waals surface area contributed by atoms with Crippen LogP contribution in [0.2, 0.25) is 0 Å². The first kappa shape index (κ1) is 11.3. The summed E-state index contributed by atoms with van der Waals surface area (Å²) < 4.78 is 0. The van der Waals surface area contributed by atoms with Gasteiger partial charge in [0.25, 0.3) is 0 Å². The molecule has 2 heterocycles. The van der Waals surface area contributed by atoms with Gasteiger partial charge in [-0.1, -0.05) is 0 Å². The standard InChI is InChI=1S/C11H15N3OS/c12-11(15)8-1-2-10(13-7-8)14-9-3-5-16-6-4-9/h1-2,7,9H,3-6H2,(H2,12,15)(H,13,14). The minimum atomic E-state index is -0.437. The van der Waals surface area contributed by atoms with Crippen LogP contribution in [0, 0.1) is 0 Å². The number of pyridine rings is 1. The molecule has 2 rings (SSSR count). The number of carbonyl (C=O) groups excluding carboxylic acids is 1. The van der Waals surface area contributed by atoms with Crippen molar-refractivity contribution in [3.05, 3.63) is 23.9 Å². The lowest BCUT2D eigenvalue weighted by Crippen LogP contribution is -2.25. The van der Waals surface area contributed by atoms with E-state index in [1.165, 1.54) is 30.5 Å². The smallest absolute Gasteiger partial charge is 0.250 e. The number of nitrogens with two attached hydrogens (primary N) is 1. The van der Waals surface area contributed by atoms with Crippen LogP contribution >= 0.6 is 11.8 Å². The van der Waals surface area contributed by atoms with E-state index in [0.29, 0.717) is 11.6 Å². The van der Waals surface area contributed by atoms with Gasteiger partial charge in [0.05, 0.1) is 5.56 Å². The van der Waals surface area contributed by atoms with E-state index in [-0.39, 0.29) is 0 Å². The zero-order valence-corrected chi connectivity index (χ0v) is 9.80. The summed E-state index contributed by atoms with van der Waals surface area (Å²) in [5.74, 6) is 2.80. The minimum Gasteiger partial charge on any atom is -0.367 e. The fourth-order valence-corrected chi connectivity index (χ4v) is 2.78. The third-order valence-corrected chi connectivity index (χ3v) is 3.67. The van der Waals surface area contributed by atoms with Gasteiger partial charge in [-0.05, 0) is 36.5 Å². The van der Waals surface area contributed by atoms with Gasteiger partial charge >= 0.3 is 0 Å². The van der Waals surface area contributed by atoms with E-state index < -0.39 is 5.91 Å². The Kier molecular flexibility index (Phi) is 3.66. The average molecular weight is 237 g/mol. The number of primary amides is 1. The van der Waals surface area contributed by atoms with Crippen LogP contribution in [0.5, 0.6) is 0 Å². The molecule has 0 aromatic carbocycles. The summed E-state index contributed by atoms with van der Waals surface area (Å²) in [7, 11) is 0. The molecule has 5 heteroatoms. The highest BCUT2D eigenvalue weighted by Crippen LogP contribution is 2.20. The Morgan fingerprint density at radius 2 is 2.19 bits per heavy atom. The average Bonchev–Trinajstić information content (AvgIpc) is 2.31. The number of rotatable bonds is 3. The molecule has 0 saturated carbocycles. The topological polar surface area (TPSA) is 68.0 Å². The maximum atomic E-state index is 10.9. The van der Waals surface area contributed by atoms with Crippen molar-refractivity contribution in [2.24, 2.45) is 5.73 Å². The summed E-state index contributed by atoms with van der Waals surface area (Å²) >= 11 is 1.99. The highest BCUT2D eigenvalue weighted by atomic mass is 32.2. The lowest BCUT2D eigenvalue weighted by Gasteiger charge is -2.22. The van der Waals surface area contributed by atoms with Crippen LogP contribution in [-0.4, -0.2) is 28.4 Å². The monoisotopic (exact) mass is 237 g/mol. The molecule has 86 valence electrons. The summed E-state index contributed by atoms with van der Waals surface area (Å²) in [4.78, 5) is 15.0. The van der Waals surface area contributed by atoms with Gasteiger partial charge in [-0.15, -0.1) is 0 Å². The Morgan fingerprint density at radius 3 is 2.75 bits per heavy atom. The van der Waals surface area contributed by atoms with E-state index in [2.05, 4.69) is 10.3 Å². The van der Waals surface area contributed by atoms with Crippen LogP contribution in [0.15, 0.2) is 18.3 Å². The van der Waals surface area contributed by atoms with Gasteiger partial charge in [0.1, 0.15) is 5.82 Å². The van der Waals surface area contributed by atoms with Crippen LogP contribution < -0.4 is 11.1 Å². The summed E-state index contributed by atoms with van der Waals surface area (Å²) in [6, 6.07) is 4.02. The van der Waals surface area contributed by atoms with Crippen LogP contribution in [0.1, 0.15) is 23.2 Å². The maximum absolute atomic E-state index is 10.9. The molecule has 1 aromatic rings. The SMILES string of the molecule is NC(=O)c1ccc(NC2CCSCC2)nc1. The number of carbonyl (C=O) groups is 1. The van der Waals surface area contributed by atoms with Crippen molar-refractivity contribution in [3.63, 3.8) is 0 Å². The lowest BCUT2D eigenvalue weighted by atomic mass is 10.1. The first-order chi connectivity index (χ1) is 7.75. The van der Waals surface area contributed by atoms with Crippen molar-refractivity contribution in [1.29, 1.82) is 0 Å². The first-order valence-electron chi connectivity index (χ1n) is 5.36. The van der Waals surface area contributed by atoms with Crippen molar-refractivity contribution < 1.29 is 4.79 Å². The first-order valence-corrected chi connectivity index (χ1v) is 6.51. The van der Waals surface area contributed by atoms with E-state index in [1.807, 2.05) is 17.8 Å². The molecule has 0 atom stereocenters. The molecular weight excluding hydrogens is 222 g/mol. The zero-order valence-electron chi connectivity index (χ0n) is 8.98. The van der Waals surface area contributed by atoms with E-state index in [1.54, 1.807) is 6.07 Å². The molecule has 1 aromatic heterocycles. The fraction of sp³-hybridized carbons (Fsp3) is 0.455. The molecule has 0 radical (unpaired) electrons. The largest absolute Gasteiger partial charge is 0.367 e. The summed E-state index contributed by atoms with van der Waals surface area (Å²) in [6.07, 6.45) is 3.86. The van der Waals surface area contributed by atoms with E-state index in [9.17, 15) is 4.79 Å². The lowest BCUT2D eigenvalue weighted by molar-refractivity contribution is 0.1000. The Balaban J connectivity index is 1.96. The number of hydrogen-bond acceptors (Lipinski definition) is 4. The third-order valence-electron chi connectivity index (χ3n) is 2.62. The molecule has 1 fully saturated rings. The quantitative estimate of drug-likeness (QED) is 0.835. The Hall–Kier alpha value is -1.23. The van der Waals surface area contributed by atoms with Gasteiger partial charge in [-0.25, -0.2) is 4.98 Å². The van der Waals surface area contributed by atoms with Gasteiger partial charge in [-0.2, -0.15) is 11.8 Å². The maximum Gasteiger partial charge on any atom is 0.250 e. The van der Waals surface area contributed by atoms with Crippen LogP contribution in [0.4, 0.5) is 5.82 Å². The molecule has 3 N–H and O–H groups in total. The number of hydrogen-bond donors (Lipinski definition) is 2. The van der Waals surface area contributed by atoms with Crippen molar-refractivity contribution in [2.45, 2.75) is 18.9 Å². The number of nitrogens with one attached hydrogen (secondary N) is 1. The van der Waals surface area contributed by atoms with Crippen molar-refractivity contribution in [2.75, 3.05) is 16.8 Å². The molecule has 0 bridgehead atoms. The van der Waals surface area contributed by atoms with Gasteiger partial charge in [0.2, 0.25) is 5.91 Å². The normalized spacial score (nSPS) is 17.0. The third kappa shape index (κ3) is 2.88. The second-order valence-electron chi connectivity index (χ2n) is 3.83. The summed E-state index contributed by atoms with van der Waals surface area (Å²) in [5, 5.41) is 3.37. The predicted molar refractivity (Wildman–Crippen MR) is 66.7 cm³/mol. The number of amides is 1. The second-order valence-corrected chi connectivity index (χ2v) is 5.05.